The minimum Gasteiger partial charge on any atom is -0.281 e. The second kappa shape index (κ2) is 5.41. The highest BCUT2D eigenvalue weighted by Crippen LogP contribution is 2.25. The van der Waals surface area contributed by atoms with Gasteiger partial charge in [0.2, 0.25) is 0 Å². The van der Waals surface area contributed by atoms with Crippen molar-refractivity contribution in [1.82, 2.24) is 19.5 Å². The molecule has 2 aromatic heterocycles. The first kappa shape index (κ1) is 13.9. The number of benzene rings is 1. The van der Waals surface area contributed by atoms with Crippen molar-refractivity contribution in [1.29, 1.82) is 0 Å². The summed E-state index contributed by atoms with van der Waals surface area (Å²) in [5, 5.41) is 0.343. The molecule has 3 rings (SSSR count). The van der Waals surface area contributed by atoms with Crippen LogP contribution in [0.15, 0.2) is 24.3 Å². The Hall–Kier alpha value is -2.01. The zero-order valence-electron chi connectivity index (χ0n) is 11.8. The van der Waals surface area contributed by atoms with Gasteiger partial charge in [-0.2, -0.15) is 0 Å². The number of imidazole rings is 1. The maximum Gasteiger partial charge on any atom is 0.169 e. The summed E-state index contributed by atoms with van der Waals surface area (Å²) >= 11 is 6.17. The molecule has 0 radical (unpaired) electrons. The van der Waals surface area contributed by atoms with Gasteiger partial charge in [0.15, 0.2) is 10.8 Å². The number of aryl methyl sites for hydroxylation is 2. The molecule has 21 heavy (non-hydrogen) atoms. The molecular formula is C15H14ClFN4. The van der Waals surface area contributed by atoms with Crippen LogP contribution in [0, 0.1) is 12.7 Å². The topological polar surface area (TPSA) is 43.6 Å². The Balaban J connectivity index is 2.32. The van der Waals surface area contributed by atoms with Crippen molar-refractivity contribution in [2.24, 2.45) is 0 Å². The standard InChI is InChI=1S/C15H14ClFN4/c1-3-4-12-20-13-14(16)18-9(2)19-15(13)21(12)11-7-5-10(17)6-8-11/h5-8H,3-4H2,1-2H3. The second-order valence-electron chi connectivity index (χ2n) is 4.82. The molecule has 0 unspecified atom stereocenters. The largest absolute Gasteiger partial charge is 0.281 e. The summed E-state index contributed by atoms with van der Waals surface area (Å²) in [7, 11) is 0. The molecule has 0 aliphatic rings. The molecule has 0 aliphatic heterocycles. The Morgan fingerprint density at radius 3 is 2.52 bits per heavy atom. The minimum absolute atomic E-state index is 0.274. The van der Waals surface area contributed by atoms with Gasteiger partial charge in [-0.15, -0.1) is 0 Å². The van der Waals surface area contributed by atoms with E-state index in [4.69, 9.17) is 11.6 Å². The molecule has 0 saturated carbocycles. The quantitative estimate of drug-likeness (QED) is 0.690. The van der Waals surface area contributed by atoms with Crippen LogP contribution < -0.4 is 0 Å². The van der Waals surface area contributed by atoms with Crippen LogP contribution in [-0.4, -0.2) is 19.5 Å². The predicted octanol–water partition coefficient (Wildman–Crippen LogP) is 3.87. The van der Waals surface area contributed by atoms with Crippen LogP contribution in [-0.2, 0) is 6.42 Å². The lowest BCUT2D eigenvalue weighted by atomic mass is 10.2. The molecule has 0 fully saturated rings. The van der Waals surface area contributed by atoms with Crippen LogP contribution in [0.2, 0.25) is 5.15 Å². The first-order valence-corrected chi connectivity index (χ1v) is 7.15. The monoisotopic (exact) mass is 304 g/mol. The summed E-state index contributed by atoms with van der Waals surface area (Å²) in [5.74, 6) is 1.16. The number of hydrogen-bond acceptors (Lipinski definition) is 3. The molecule has 3 aromatic rings. The Morgan fingerprint density at radius 2 is 1.86 bits per heavy atom. The molecule has 0 amide bonds. The molecule has 6 heteroatoms. The van der Waals surface area contributed by atoms with E-state index >= 15 is 0 Å². The summed E-state index contributed by atoms with van der Waals surface area (Å²) in [6.45, 7) is 3.86. The number of rotatable bonds is 3. The van der Waals surface area contributed by atoms with E-state index in [9.17, 15) is 4.39 Å². The molecule has 108 valence electrons. The lowest BCUT2D eigenvalue weighted by Crippen LogP contribution is -2.02. The molecular weight excluding hydrogens is 291 g/mol. The Bertz CT molecular complexity index is 796. The van der Waals surface area contributed by atoms with Crippen molar-refractivity contribution in [3.05, 3.63) is 46.9 Å². The van der Waals surface area contributed by atoms with Gasteiger partial charge >= 0.3 is 0 Å². The van der Waals surface area contributed by atoms with E-state index in [2.05, 4.69) is 21.9 Å². The summed E-state index contributed by atoms with van der Waals surface area (Å²) in [4.78, 5) is 13.1. The molecule has 0 spiro atoms. The lowest BCUT2D eigenvalue weighted by Gasteiger charge is -2.08. The predicted molar refractivity (Wildman–Crippen MR) is 80.4 cm³/mol. The van der Waals surface area contributed by atoms with Gasteiger partial charge in [-0.25, -0.2) is 19.3 Å². The van der Waals surface area contributed by atoms with Crippen LogP contribution >= 0.6 is 11.6 Å². The molecule has 1 aromatic carbocycles. The van der Waals surface area contributed by atoms with Crippen LogP contribution in [0.1, 0.15) is 25.0 Å². The van der Waals surface area contributed by atoms with Crippen molar-refractivity contribution in [2.75, 3.05) is 0 Å². The smallest absolute Gasteiger partial charge is 0.169 e. The van der Waals surface area contributed by atoms with Crippen molar-refractivity contribution in [3.8, 4) is 5.69 Å². The lowest BCUT2D eigenvalue weighted by molar-refractivity contribution is 0.627. The summed E-state index contributed by atoms with van der Waals surface area (Å²) in [6, 6.07) is 6.26. The van der Waals surface area contributed by atoms with E-state index in [-0.39, 0.29) is 5.82 Å². The van der Waals surface area contributed by atoms with Gasteiger partial charge in [0, 0.05) is 12.1 Å². The van der Waals surface area contributed by atoms with Crippen LogP contribution in [0.3, 0.4) is 0 Å². The highest BCUT2D eigenvalue weighted by atomic mass is 35.5. The number of halogens is 2. The van der Waals surface area contributed by atoms with E-state index in [1.807, 2.05) is 4.57 Å². The number of aromatic nitrogens is 4. The van der Waals surface area contributed by atoms with Gasteiger partial charge in [-0.1, -0.05) is 18.5 Å². The Kier molecular flexibility index (Phi) is 3.59. The van der Waals surface area contributed by atoms with Gasteiger partial charge in [-0.05, 0) is 37.6 Å². The van der Waals surface area contributed by atoms with E-state index in [0.29, 0.717) is 22.1 Å². The van der Waals surface area contributed by atoms with Crippen molar-refractivity contribution in [3.63, 3.8) is 0 Å². The first-order valence-electron chi connectivity index (χ1n) is 6.77. The molecule has 4 nitrogen and oxygen atoms in total. The number of fused-ring (bicyclic) bond motifs is 1. The van der Waals surface area contributed by atoms with Crippen molar-refractivity contribution in [2.45, 2.75) is 26.7 Å². The second-order valence-corrected chi connectivity index (χ2v) is 5.18. The van der Waals surface area contributed by atoms with Gasteiger partial charge in [0.1, 0.15) is 23.0 Å². The summed E-state index contributed by atoms with van der Waals surface area (Å²) in [5.41, 5.74) is 2.05. The van der Waals surface area contributed by atoms with Gasteiger partial charge in [0.05, 0.1) is 0 Å². The summed E-state index contributed by atoms with van der Waals surface area (Å²) in [6.07, 6.45) is 1.72. The highest BCUT2D eigenvalue weighted by Gasteiger charge is 2.16. The van der Waals surface area contributed by atoms with E-state index in [1.54, 1.807) is 19.1 Å². The van der Waals surface area contributed by atoms with Crippen LogP contribution in [0.4, 0.5) is 4.39 Å². The maximum absolute atomic E-state index is 13.1. The maximum atomic E-state index is 13.1. The van der Waals surface area contributed by atoms with E-state index in [0.717, 1.165) is 24.4 Å². The number of nitrogens with zero attached hydrogens (tertiary/aromatic N) is 4. The zero-order chi connectivity index (χ0) is 15.0. The fraction of sp³-hybridized carbons (Fsp3) is 0.267. The molecule has 0 aliphatic carbocycles. The number of hydrogen-bond donors (Lipinski definition) is 0. The fourth-order valence-electron chi connectivity index (χ4n) is 2.32. The molecule has 0 N–H and O–H groups in total. The van der Waals surface area contributed by atoms with Crippen molar-refractivity contribution < 1.29 is 4.39 Å². The van der Waals surface area contributed by atoms with Gasteiger partial charge in [0.25, 0.3) is 0 Å². The molecule has 0 bridgehead atoms. The normalized spacial score (nSPS) is 11.2. The Labute approximate surface area is 126 Å². The van der Waals surface area contributed by atoms with Crippen LogP contribution in [0.25, 0.3) is 16.9 Å². The molecule has 0 saturated heterocycles. The van der Waals surface area contributed by atoms with Gasteiger partial charge in [-0.3, -0.25) is 4.57 Å². The Morgan fingerprint density at radius 1 is 1.14 bits per heavy atom. The molecule has 0 atom stereocenters. The zero-order valence-corrected chi connectivity index (χ0v) is 12.5. The van der Waals surface area contributed by atoms with Crippen molar-refractivity contribution >= 4 is 22.8 Å². The van der Waals surface area contributed by atoms with Gasteiger partial charge < -0.3 is 0 Å². The first-order chi connectivity index (χ1) is 10.1. The SMILES string of the molecule is CCCc1nc2c(Cl)nc(C)nc2n1-c1ccc(F)cc1. The average molecular weight is 305 g/mol. The molecule has 2 heterocycles. The third-order valence-corrected chi connectivity index (χ3v) is 3.47. The summed E-state index contributed by atoms with van der Waals surface area (Å²) < 4.78 is 15.1. The third kappa shape index (κ3) is 2.49. The average Bonchev–Trinajstić information content (AvgIpc) is 2.79. The van der Waals surface area contributed by atoms with E-state index < -0.39 is 0 Å². The highest BCUT2D eigenvalue weighted by molar-refractivity contribution is 6.33. The van der Waals surface area contributed by atoms with Crippen LogP contribution in [0.5, 0.6) is 0 Å². The van der Waals surface area contributed by atoms with E-state index in [1.165, 1.54) is 12.1 Å². The minimum atomic E-state index is -0.274. The third-order valence-electron chi connectivity index (χ3n) is 3.20. The fourth-order valence-corrected chi connectivity index (χ4v) is 2.57.